The molecule has 0 radical (unpaired) electrons. The first-order valence-electron chi connectivity index (χ1n) is 9.74. The number of anilines is 1. The van der Waals surface area contributed by atoms with Crippen molar-refractivity contribution in [3.8, 4) is 11.5 Å². The predicted molar refractivity (Wildman–Crippen MR) is 117 cm³/mol. The summed E-state index contributed by atoms with van der Waals surface area (Å²) in [7, 11) is 3.55. The Balaban J connectivity index is 1.48. The maximum absolute atomic E-state index is 11.8. The van der Waals surface area contributed by atoms with Crippen LogP contribution in [0.15, 0.2) is 66.9 Å². The molecule has 2 aromatic carbocycles. The summed E-state index contributed by atoms with van der Waals surface area (Å²) in [5, 5.41) is 5.96. The largest absolute Gasteiger partial charge is 0.457 e. The highest BCUT2D eigenvalue weighted by Crippen LogP contribution is 2.27. The number of amides is 1. The van der Waals surface area contributed by atoms with Crippen LogP contribution < -0.4 is 15.4 Å². The first-order valence-corrected chi connectivity index (χ1v) is 9.74. The van der Waals surface area contributed by atoms with Crippen LogP contribution in [0.2, 0.25) is 0 Å². The topological polar surface area (TPSA) is 81.1 Å². The monoisotopic (exact) mass is 401 g/mol. The summed E-state index contributed by atoms with van der Waals surface area (Å²) in [6, 6.07) is 19.4. The molecule has 1 amide bonds. The fraction of sp³-hybridized carbons (Fsp3) is 0.174. The number of aryl methyl sites for hydroxylation is 1. The zero-order valence-corrected chi connectivity index (χ0v) is 16.9. The molecule has 7 nitrogen and oxygen atoms in total. The molecule has 0 aliphatic heterocycles. The summed E-state index contributed by atoms with van der Waals surface area (Å²) in [6.07, 6.45) is 2.47. The van der Waals surface area contributed by atoms with E-state index in [0.717, 1.165) is 29.9 Å². The van der Waals surface area contributed by atoms with Crippen molar-refractivity contribution in [2.24, 2.45) is 7.05 Å². The van der Waals surface area contributed by atoms with Gasteiger partial charge < -0.3 is 19.9 Å². The predicted octanol–water partition coefficient (Wildman–Crippen LogP) is 3.77. The number of nitrogens with zero attached hydrogens (tertiary/aromatic N) is 3. The number of hydrogen-bond acceptors (Lipinski definition) is 5. The Bertz CT molecular complexity index is 1170. The van der Waals surface area contributed by atoms with Gasteiger partial charge in [-0.05, 0) is 30.2 Å². The molecule has 0 saturated carbocycles. The quantitative estimate of drug-likeness (QED) is 0.493. The Morgan fingerprint density at radius 1 is 1.07 bits per heavy atom. The van der Waals surface area contributed by atoms with E-state index in [1.165, 1.54) is 5.56 Å². The Morgan fingerprint density at radius 2 is 1.87 bits per heavy atom. The van der Waals surface area contributed by atoms with E-state index in [1.807, 2.05) is 48.0 Å². The van der Waals surface area contributed by atoms with Gasteiger partial charge in [0.2, 0.25) is 5.95 Å². The van der Waals surface area contributed by atoms with Gasteiger partial charge in [-0.2, -0.15) is 0 Å². The van der Waals surface area contributed by atoms with Crippen LogP contribution in [-0.4, -0.2) is 34.0 Å². The van der Waals surface area contributed by atoms with E-state index in [-0.39, 0.29) is 5.91 Å². The third kappa shape index (κ3) is 4.25. The molecule has 30 heavy (non-hydrogen) atoms. The molecule has 152 valence electrons. The number of carbonyl (C=O) groups is 1. The van der Waals surface area contributed by atoms with Crippen molar-refractivity contribution >= 4 is 22.9 Å². The number of imidazole rings is 1. The Kier molecular flexibility index (Phi) is 5.61. The fourth-order valence-electron chi connectivity index (χ4n) is 3.23. The minimum Gasteiger partial charge on any atom is -0.457 e. The number of ether oxygens (including phenoxy) is 1. The van der Waals surface area contributed by atoms with Gasteiger partial charge in [-0.1, -0.05) is 30.3 Å². The summed E-state index contributed by atoms with van der Waals surface area (Å²) >= 11 is 0. The molecule has 0 atom stereocenters. The summed E-state index contributed by atoms with van der Waals surface area (Å²) in [6.45, 7) is 0.795. The molecule has 0 aliphatic carbocycles. The van der Waals surface area contributed by atoms with E-state index in [4.69, 9.17) is 9.72 Å². The lowest BCUT2D eigenvalue weighted by Gasteiger charge is -2.07. The fourth-order valence-corrected chi connectivity index (χ4v) is 3.23. The maximum Gasteiger partial charge on any atom is 0.269 e. The normalized spacial score (nSPS) is 10.7. The summed E-state index contributed by atoms with van der Waals surface area (Å²) in [4.78, 5) is 20.5. The minimum atomic E-state index is -0.258. The van der Waals surface area contributed by atoms with E-state index >= 15 is 0 Å². The van der Waals surface area contributed by atoms with Crippen LogP contribution in [0, 0.1) is 0 Å². The van der Waals surface area contributed by atoms with Gasteiger partial charge in [-0.25, -0.2) is 4.98 Å². The van der Waals surface area contributed by atoms with Gasteiger partial charge in [0.05, 0.1) is 11.0 Å². The van der Waals surface area contributed by atoms with E-state index in [2.05, 4.69) is 27.8 Å². The second-order valence-corrected chi connectivity index (χ2v) is 6.87. The van der Waals surface area contributed by atoms with E-state index in [0.29, 0.717) is 17.2 Å². The van der Waals surface area contributed by atoms with Gasteiger partial charge >= 0.3 is 0 Å². The lowest BCUT2D eigenvalue weighted by Crippen LogP contribution is -2.18. The van der Waals surface area contributed by atoms with Gasteiger partial charge in [0, 0.05) is 39.0 Å². The molecule has 4 aromatic rings. The zero-order valence-electron chi connectivity index (χ0n) is 16.9. The molecular formula is C23H23N5O2. The van der Waals surface area contributed by atoms with Crippen LogP contribution in [0.1, 0.15) is 16.1 Å². The lowest BCUT2D eigenvalue weighted by molar-refractivity contribution is 0.0958. The van der Waals surface area contributed by atoms with E-state index < -0.39 is 0 Å². The van der Waals surface area contributed by atoms with Crippen molar-refractivity contribution < 1.29 is 9.53 Å². The van der Waals surface area contributed by atoms with E-state index in [9.17, 15) is 4.79 Å². The lowest BCUT2D eigenvalue weighted by atomic mass is 10.1. The number of pyridine rings is 1. The number of hydrogen-bond donors (Lipinski definition) is 2. The Labute approximate surface area is 174 Å². The molecule has 0 unspecified atom stereocenters. The highest BCUT2D eigenvalue weighted by molar-refractivity contribution is 5.92. The standard InChI is InChI=1S/C23H23N5O2/c1-24-22(29)20-15-18(11-13-25-20)30-17-8-9-21-19(14-17)27-23(28(21)2)26-12-10-16-6-4-3-5-7-16/h3-9,11,13-15H,10,12H2,1-2H3,(H,24,29)(H,26,27). The van der Waals surface area contributed by atoms with Crippen LogP contribution in [-0.2, 0) is 13.5 Å². The van der Waals surface area contributed by atoms with Gasteiger partial charge in [-0.15, -0.1) is 0 Å². The van der Waals surface area contributed by atoms with Crippen LogP contribution in [0.5, 0.6) is 11.5 Å². The minimum absolute atomic E-state index is 0.258. The second kappa shape index (κ2) is 8.65. The van der Waals surface area contributed by atoms with Crippen molar-refractivity contribution in [2.45, 2.75) is 6.42 Å². The molecule has 2 N–H and O–H groups in total. The van der Waals surface area contributed by atoms with Gasteiger partial charge in [0.1, 0.15) is 17.2 Å². The molecule has 7 heteroatoms. The molecule has 2 heterocycles. The number of nitrogens with one attached hydrogen (secondary N) is 2. The van der Waals surface area contributed by atoms with Crippen LogP contribution in [0.4, 0.5) is 5.95 Å². The van der Waals surface area contributed by atoms with Crippen molar-refractivity contribution in [3.63, 3.8) is 0 Å². The number of fused-ring (bicyclic) bond motifs is 1. The highest BCUT2D eigenvalue weighted by atomic mass is 16.5. The molecule has 2 aromatic heterocycles. The van der Waals surface area contributed by atoms with Gasteiger partial charge in [-0.3, -0.25) is 9.78 Å². The maximum atomic E-state index is 11.8. The summed E-state index contributed by atoms with van der Waals surface area (Å²) in [5.74, 6) is 1.74. The molecule has 0 fully saturated rings. The number of rotatable bonds is 7. The molecule has 4 rings (SSSR count). The third-order valence-corrected chi connectivity index (χ3v) is 4.82. The average molecular weight is 401 g/mol. The first-order chi connectivity index (χ1) is 14.6. The van der Waals surface area contributed by atoms with Crippen molar-refractivity contribution in [2.75, 3.05) is 18.9 Å². The van der Waals surface area contributed by atoms with Crippen LogP contribution in [0.25, 0.3) is 11.0 Å². The molecule has 0 saturated heterocycles. The van der Waals surface area contributed by atoms with Gasteiger partial charge in [0.15, 0.2) is 0 Å². The molecule has 0 bridgehead atoms. The number of carbonyl (C=O) groups excluding carboxylic acids is 1. The second-order valence-electron chi connectivity index (χ2n) is 6.87. The molecular weight excluding hydrogens is 378 g/mol. The van der Waals surface area contributed by atoms with Crippen molar-refractivity contribution in [1.82, 2.24) is 19.9 Å². The van der Waals surface area contributed by atoms with Gasteiger partial charge in [0.25, 0.3) is 5.91 Å². The number of benzene rings is 2. The average Bonchev–Trinajstić information content (AvgIpc) is 3.09. The molecule has 0 spiro atoms. The summed E-state index contributed by atoms with van der Waals surface area (Å²) < 4.78 is 7.95. The smallest absolute Gasteiger partial charge is 0.269 e. The van der Waals surface area contributed by atoms with Crippen molar-refractivity contribution in [1.29, 1.82) is 0 Å². The van der Waals surface area contributed by atoms with Crippen LogP contribution in [0.3, 0.4) is 0 Å². The van der Waals surface area contributed by atoms with Crippen LogP contribution >= 0.6 is 0 Å². The Hall–Kier alpha value is -3.87. The Morgan fingerprint density at radius 3 is 2.67 bits per heavy atom. The molecule has 0 aliphatic rings. The SMILES string of the molecule is CNC(=O)c1cc(Oc2ccc3c(c2)nc(NCCc2ccccc2)n3C)ccn1. The zero-order chi connectivity index (χ0) is 20.9. The van der Waals surface area contributed by atoms with Crippen molar-refractivity contribution in [3.05, 3.63) is 78.1 Å². The highest BCUT2D eigenvalue weighted by Gasteiger charge is 2.10. The number of aromatic nitrogens is 3. The first kappa shape index (κ1) is 19.4. The van der Waals surface area contributed by atoms with E-state index in [1.54, 1.807) is 25.4 Å². The summed E-state index contributed by atoms with van der Waals surface area (Å²) in [5.41, 5.74) is 3.43. The third-order valence-electron chi connectivity index (χ3n) is 4.82.